The molecule has 3 nitrogen and oxygen atoms in total. The van der Waals surface area contributed by atoms with Crippen LogP contribution >= 0.6 is 0 Å². The third-order valence-electron chi connectivity index (χ3n) is 4.15. The fraction of sp³-hybridized carbons (Fsp3) is 0.182. The lowest BCUT2D eigenvalue weighted by molar-refractivity contribution is 0.199. The predicted molar refractivity (Wildman–Crippen MR) is 99.8 cm³/mol. The molecule has 0 aromatic heterocycles. The molecule has 0 radical (unpaired) electrons. The molecule has 3 heteroatoms. The Hall–Kier alpha value is -2.78. The van der Waals surface area contributed by atoms with E-state index in [2.05, 4.69) is 0 Å². The van der Waals surface area contributed by atoms with E-state index < -0.39 is 6.10 Å². The fourth-order valence-corrected chi connectivity index (χ4v) is 2.59. The minimum atomic E-state index is -0.442. The van der Waals surface area contributed by atoms with E-state index in [4.69, 9.17) is 9.47 Å². The monoisotopic (exact) mass is 334 g/mol. The van der Waals surface area contributed by atoms with Gasteiger partial charge < -0.3 is 14.6 Å². The second-order valence-electron chi connectivity index (χ2n) is 5.96. The Morgan fingerprint density at radius 1 is 0.760 bits per heavy atom. The highest BCUT2D eigenvalue weighted by atomic mass is 16.5. The van der Waals surface area contributed by atoms with E-state index in [1.54, 1.807) is 14.0 Å². The van der Waals surface area contributed by atoms with Gasteiger partial charge in [0.25, 0.3) is 0 Å². The molecular weight excluding hydrogens is 312 g/mol. The first-order chi connectivity index (χ1) is 12.2. The maximum atomic E-state index is 9.58. The van der Waals surface area contributed by atoms with Crippen molar-refractivity contribution in [3.05, 3.63) is 83.9 Å². The lowest BCUT2D eigenvalue weighted by Crippen LogP contribution is -1.95. The van der Waals surface area contributed by atoms with Crippen molar-refractivity contribution in [2.24, 2.45) is 0 Å². The van der Waals surface area contributed by atoms with Crippen LogP contribution in [-0.4, -0.2) is 12.2 Å². The maximum Gasteiger partial charge on any atom is 0.119 e. The Labute approximate surface area is 148 Å². The SMILES string of the molecule is COc1ccc(COc2ccc(-c3ccc(C(C)O)cc3)cc2)cc1. The lowest BCUT2D eigenvalue weighted by Gasteiger charge is -2.09. The van der Waals surface area contributed by atoms with Crippen LogP contribution in [0.25, 0.3) is 11.1 Å². The highest BCUT2D eigenvalue weighted by molar-refractivity contribution is 5.64. The standard InChI is InChI=1S/C22H22O3/c1-16(23)18-5-7-19(8-6-18)20-9-13-22(14-10-20)25-15-17-3-11-21(24-2)12-4-17/h3-14,16,23H,15H2,1-2H3. The molecule has 3 rings (SSSR count). The summed E-state index contributed by atoms with van der Waals surface area (Å²) in [5.41, 5.74) is 4.25. The van der Waals surface area contributed by atoms with Crippen LogP contribution in [0.5, 0.6) is 11.5 Å². The molecule has 0 aliphatic rings. The van der Waals surface area contributed by atoms with Gasteiger partial charge in [0.2, 0.25) is 0 Å². The van der Waals surface area contributed by atoms with Crippen molar-refractivity contribution in [2.45, 2.75) is 19.6 Å². The molecule has 1 N–H and O–H groups in total. The molecule has 1 unspecified atom stereocenters. The molecule has 0 spiro atoms. The first-order valence-corrected chi connectivity index (χ1v) is 8.30. The predicted octanol–water partition coefficient (Wildman–Crippen LogP) is 4.99. The van der Waals surface area contributed by atoms with Crippen molar-refractivity contribution in [2.75, 3.05) is 7.11 Å². The molecule has 128 valence electrons. The number of rotatable bonds is 6. The minimum absolute atomic E-state index is 0.442. The van der Waals surface area contributed by atoms with Gasteiger partial charge in [-0.3, -0.25) is 0 Å². The Bertz CT molecular complexity index is 788. The van der Waals surface area contributed by atoms with Gasteiger partial charge in [0, 0.05) is 0 Å². The van der Waals surface area contributed by atoms with E-state index in [1.807, 2.05) is 72.8 Å². The van der Waals surface area contributed by atoms with Gasteiger partial charge >= 0.3 is 0 Å². The lowest BCUT2D eigenvalue weighted by atomic mass is 10.0. The summed E-state index contributed by atoms with van der Waals surface area (Å²) in [7, 11) is 1.66. The van der Waals surface area contributed by atoms with Crippen molar-refractivity contribution >= 4 is 0 Å². The summed E-state index contributed by atoms with van der Waals surface area (Å²) in [5, 5.41) is 9.58. The van der Waals surface area contributed by atoms with Crippen LogP contribution in [0.4, 0.5) is 0 Å². The smallest absolute Gasteiger partial charge is 0.119 e. The molecular formula is C22H22O3. The van der Waals surface area contributed by atoms with Crippen molar-refractivity contribution < 1.29 is 14.6 Å². The van der Waals surface area contributed by atoms with Gasteiger partial charge in [0.15, 0.2) is 0 Å². The highest BCUT2D eigenvalue weighted by Crippen LogP contribution is 2.24. The molecule has 25 heavy (non-hydrogen) atoms. The van der Waals surface area contributed by atoms with E-state index >= 15 is 0 Å². The van der Waals surface area contributed by atoms with Crippen LogP contribution in [0, 0.1) is 0 Å². The van der Waals surface area contributed by atoms with Crippen molar-refractivity contribution in [1.29, 1.82) is 0 Å². The second kappa shape index (κ2) is 7.86. The summed E-state index contributed by atoms with van der Waals surface area (Å²) in [6.45, 7) is 2.29. The molecule has 0 fully saturated rings. The van der Waals surface area contributed by atoms with Gasteiger partial charge in [-0.15, -0.1) is 0 Å². The number of hydrogen-bond acceptors (Lipinski definition) is 3. The molecule has 0 saturated heterocycles. The number of hydrogen-bond donors (Lipinski definition) is 1. The highest BCUT2D eigenvalue weighted by Gasteiger charge is 2.03. The van der Waals surface area contributed by atoms with E-state index in [1.165, 1.54) is 0 Å². The molecule has 0 bridgehead atoms. The van der Waals surface area contributed by atoms with Crippen LogP contribution in [0.1, 0.15) is 24.2 Å². The molecule has 1 atom stereocenters. The van der Waals surface area contributed by atoms with Crippen molar-refractivity contribution in [3.8, 4) is 22.6 Å². The first-order valence-electron chi connectivity index (χ1n) is 8.30. The number of ether oxygens (including phenoxy) is 2. The molecule has 0 saturated carbocycles. The van der Waals surface area contributed by atoms with Crippen LogP contribution in [0.3, 0.4) is 0 Å². The zero-order valence-corrected chi connectivity index (χ0v) is 14.5. The quantitative estimate of drug-likeness (QED) is 0.690. The number of benzene rings is 3. The molecule has 0 aliphatic heterocycles. The normalized spacial score (nSPS) is 11.8. The molecule has 0 heterocycles. The number of aliphatic hydroxyl groups is 1. The van der Waals surface area contributed by atoms with Crippen LogP contribution in [0.15, 0.2) is 72.8 Å². The molecule has 0 amide bonds. The summed E-state index contributed by atoms with van der Waals surface area (Å²) >= 11 is 0. The van der Waals surface area contributed by atoms with Crippen molar-refractivity contribution in [1.82, 2.24) is 0 Å². The average Bonchev–Trinajstić information content (AvgIpc) is 2.67. The van der Waals surface area contributed by atoms with Gasteiger partial charge in [-0.2, -0.15) is 0 Å². The summed E-state index contributed by atoms with van der Waals surface area (Å²) in [6, 6.07) is 23.8. The summed E-state index contributed by atoms with van der Waals surface area (Å²) in [6.07, 6.45) is -0.442. The van der Waals surface area contributed by atoms with E-state index in [9.17, 15) is 5.11 Å². The van der Waals surface area contributed by atoms with Gasteiger partial charge in [-0.25, -0.2) is 0 Å². The average molecular weight is 334 g/mol. The van der Waals surface area contributed by atoms with Gasteiger partial charge in [0.05, 0.1) is 13.2 Å². The zero-order chi connectivity index (χ0) is 17.6. The van der Waals surface area contributed by atoms with Crippen LogP contribution in [0.2, 0.25) is 0 Å². The Balaban J connectivity index is 1.63. The maximum absolute atomic E-state index is 9.58. The van der Waals surface area contributed by atoms with Gasteiger partial charge in [-0.05, 0) is 53.4 Å². The largest absolute Gasteiger partial charge is 0.497 e. The third kappa shape index (κ3) is 4.40. The zero-order valence-electron chi connectivity index (χ0n) is 14.5. The third-order valence-corrected chi connectivity index (χ3v) is 4.15. The Morgan fingerprint density at radius 2 is 1.28 bits per heavy atom. The summed E-state index contributed by atoms with van der Waals surface area (Å²) < 4.78 is 11.0. The summed E-state index contributed by atoms with van der Waals surface area (Å²) in [4.78, 5) is 0. The second-order valence-corrected chi connectivity index (χ2v) is 5.96. The van der Waals surface area contributed by atoms with E-state index in [0.29, 0.717) is 6.61 Å². The fourth-order valence-electron chi connectivity index (χ4n) is 2.59. The Morgan fingerprint density at radius 3 is 1.80 bits per heavy atom. The molecule has 3 aromatic rings. The van der Waals surface area contributed by atoms with Crippen molar-refractivity contribution in [3.63, 3.8) is 0 Å². The van der Waals surface area contributed by atoms with Gasteiger partial charge in [-0.1, -0.05) is 48.5 Å². The van der Waals surface area contributed by atoms with Crippen LogP contribution < -0.4 is 9.47 Å². The minimum Gasteiger partial charge on any atom is -0.497 e. The molecule has 3 aromatic carbocycles. The number of methoxy groups -OCH3 is 1. The Kier molecular flexibility index (Phi) is 5.36. The summed E-state index contributed by atoms with van der Waals surface area (Å²) in [5.74, 6) is 1.68. The van der Waals surface area contributed by atoms with Gasteiger partial charge in [0.1, 0.15) is 18.1 Å². The number of aliphatic hydroxyl groups excluding tert-OH is 1. The first kappa shape index (κ1) is 17.1. The van der Waals surface area contributed by atoms with E-state index in [-0.39, 0.29) is 0 Å². The van der Waals surface area contributed by atoms with E-state index in [0.717, 1.165) is 33.8 Å². The van der Waals surface area contributed by atoms with Crippen LogP contribution in [-0.2, 0) is 6.61 Å². The molecule has 0 aliphatic carbocycles. The topological polar surface area (TPSA) is 38.7 Å².